The summed E-state index contributed by atoms with van der Waals surface area (Å²) in [6.45, 7) is 6.12. The second kappa shape index (κ2) is 4.33. The van der Waals surface area contributed by atoms with Crippen molar-refractivity contribution in [3.8, 4) is 0 Å². The summed E-state index contributed by atoms with van der Waals surface area (Å²) < 4.78 is 0. The quantitative estimate of drug-likeness (QED) is 0.767. The van der Waals surface area contributed by atoms with Crippen molar-refractivity contribution in [2.45, 2.75) is 39.2 Å². The number of aromatic nitrogens is 2. The molecule has 0 radical (unpaired) electrons. The van der Waals surface area contributed by atoms with Gasteiger partial charge in [0.05, 0.1) is 11.4 Å². The lowest BCUT2D eigenvalue weighted by atomic mass is 9.94. The average molecular weight is 179 g/mol. The van der Waals surface area contributed by atoms with E-state index >= 15 is 0 Å². The lowest BCUT2D eigenvalue weighted by molar-refractivity contribution is 0.534. The molecule has 13 heavy (non-hydrogen) atoms. The van der Waals surface area contributed by atoms with Gasteiger partial charge < -0.3 is 5.73 Å². The summed E-state index contributed by atoms with van der Waals surface area (Å²) in [6, 6.07) is 0.139. The highest BCUT2D eigenvalue weighted by Gasteiger charge is 2.17. The van der Waals surface area contributed by atoms with E-state index < -0.39 is 0 Å². The molecule has 0 bridgehead atoms. The van der Waals surface area contributed by atoms with Gasteiger partial charge in [-0.25, -0.2) is 0 Å². The molecule has 2 atom stereocenters. The second-order valence-corrected chi connectivity index (χ2v) is 3.40. The molecule has 0 aliphatic heterocycles. The van der Waals surface area contributed by atoms with Crippen LogP contribution in [0.1, 0.15) is 37.6 Å². The second-order valence-electron chi connectivity index (χ2n) is 3.40. The molecule has 0 aromatic carbocycles. The third-order valence-corrected chi connectivity index (χ3v) is 2.34. The lowest BCUT2D eigenvalue weighted by Gasteiger charge is -2.19. The van der Waals surface area contributed by atoms with Gasteiger partial charge in [0, 0.05) is 24.4 Å². The molecule has 0 aliphatic carbocycles. The molecule has 0 spiro atoms. The highest BCUT2D eigenvalue weighted by atomic mass is 14.8. The zero-order valence-electron chi connectivity index (χ0n) is 8.49. The van der Waals surface area contributed by atoms with Crippen molar-refractivity contribution in [2.75, 3.05) is 0 Å². The van der Waals surface area contributed by atoms with E-state index in [0.717, 1.165) is 17.8 Å². The maximum atomic E-state index is 5.88. The van der Waals surface area contributed by atoms with Gasteiger partial charge in [0.1, 0.15) is 0 Å². The van der Waals surface area contributed by atoms with E-state index in [1.54, 1.807) is 12.4 Å². The van der Waals surface area contributed by atoms with Gasteiger partial charge in [-0.05, 0) is 20.3 Å². The zero-order valence-corrected chi connectivity index (χ0v) is 8.49. The van der Waals surface area contributed by atoms with Crippen molar-refractivity contribution in [1.29, 1.82) is 0 Å². The Kier molecular flexibility index (Phi) is 3.37. The van der Waals surface area contributed by atoms with Gasteiger partial charge in [0.25, 0.3) is 0 Å². The largest absolute Gasteiger partial charge is 0.327 e. The Morgan fingerprint density at radius 3 is 2.46 bits per heavy atom. The number of aryl methyl sites for hydroxylation is 1. The first-order valence-corrected chi connectivity index (χ1v) is 4.69. The predicted molar refractivity (Wildman–Crippen MR) is 53.5 cm³/mol. The Labute approximate surface area is 79.4 Å². The van der Waals surface area contributed by atoms with Crippen LogP contribution in [0.25, 0.3) is 0 Å². The smallest absolute Gasteiger partial charge is 0.0661 e. The van der Waals surface area contributed by atoms with E-state index in [-0.39, 0.29) is 6.04 Å². The average Bonchev–Trinajstić information content (AvgIpc) is 2.09. The van der Waals surface area contributed by atoms with Crippen molar-refractivity contribution in [3.05, 3.63) is 23.8 Å². The van der Waals surface area contributed by atoms with Crippen LogP contribution in [-0.2, 0) is 0 Å². The van der Waals surface area contributed by atoms with E-state index in [9.17, 15) is 0 Å². The van der Waals surface area contributed by atoms with Gasteiger partial charge in [0.2, 0.25) is 0 Å². The molecule has 0 fully saturated rings. The molecule has 0 saturated heterocycles. The van der Waals surface area contributed by atoms with Gasteiger partial charge in [-0.15, -0.1) is 0 Å². The molecule has 2 N–H and O–H groups in total. The first-order chi connectivity index (χ1) is 6.16. The molecule has 0 amide bonds. The molecule has 2 unspecified atom stereocenters. The van der Waals surface area contributed by atoms with Gasteiger partial charge in [-0.2, -0.15) is 0 Å². The highest BCUT2D eigenvalue weighted by molar-refractivity contribution is 5.15. The summed E-state index contributed by atoms with van der Waals surface area (Å²) in [5.74, 6) is 0.327. The number of rotatable bonds is 3. The molecule has 3 nitrogen and oxygen atoms in total. The molecule has 3 heteroatoms. The molecular formula is C10H17N3. The third kappa shape index (κ3) is 2.25. The number of hydrogen-bond donors (Lipinski definition) is 1. The van der Waals surface area contributed by atoms with Gasteiger partial charge in [-0.1, -0.05) is 6.92 Å². The van der Waals surface area contributed by atoms with Crippen molar-refractivity contribution >= 4 is 0 Å². The van der Waals surface area contributed by atoms with Crippen LogP contribution in [-0.4, -0.2) is 16.0 Å². The fourth-order valence-corrected chi connectivity index (χ4v) is 1.60. The number of nitrogens with zero attached hydrogens (tertiary/aromatic N) is 2. The van der Waals surface area contributed by atoms with Gasteiger partial charge in [0.15, 0.2) is 0 Å². The van der Waals surface area contributed by atoms with E-state index in [0.29, 0.717) is 5.92 Å². The van der Waals surface area contributed by atoms with Crippen molar-refractivity contribution in [2.24, 2.45) is 5.73 Å². The van der Waals surface area contributed by atoms with Gasteiger partial charge >= 0.3 is 0 Å². The van der Waals surface area contributed by atoms with Crippen LogP contribution in [0.2, 0.25) is 0 Å². The number of hydrogen-bond acceptors (Lipinski definition) is 3. The monoisotopic (exact) mass is 179 g/mol. The lowest BCUT2D eigenvalue weighted by Crippen LogP contribution is -2.25. The molecule has 1 heterocycles. The van der Waals surface area contributed by atoms with E-state index in [4.69, 9.17) is 5.73 Å². The summed E-state index contributed by atoms with van der Waals surface area (Å²) in [4.78, 5) is 8.54. The number of nitrogens with two attached hydrogens (primary N) is 1. The van der Waals surface area contributed by atoms with Crippen LogP contribution in [0.15, 0.2) is 12.4 Å². The topological polar surface area (TPSA) is 51.8 Å². The Bertz CT molecular complexity index is 271. The van der Waals surface area contributed by atoms with Crippen LogP contribution in [0.5, 0.6) is 0 Å². The van der Waals surface area contributed by atoms with Crippen LogP contribution < -0.4 is 5.73 Å². The van der Waals surface area contributed by atoms with E-state index in [1.807, 2.05) is 13.8 Å². The fraction of sp³-hybridized carbons (Fsp3) is 0.600. The maximum absolute atomic E-state index is 5.88. The summed E-state index contributed by atoms with van der Waals surface area (Å²) in [5, 5.41) is 0. The SMILES string of the molecule is CCC(c1nccnc1C)C(C)N. The molecular weight excluding hydrogens is 162 g/mol. The highest BCUT2D eigenvalue weighted by Crippen LogP contribution is 2.21. The Morgan fingerprint density at radius 2 is 2.00 bits per heavy atom. The first kappa shape index (κ1) is 10.1. The third-order valence-electron chi connectivity index (χ3n) is 2.34. The Balaban J connectivity index is 2.97. The molecule has 0 aliphatic rings. The van der Waals surface area contributed by atoms with Crippen molar-refractivity contribution in [3.63, 3.8) is 0 Å². The summed E-state index contributed by atoms with van der Waals surface area (Å²) in [5.41, 5.74) is 7.91. The predicted octanol–water partition coefficient (Wildman–Crippen LogP) is 1.63. The minimum absolute atomic E-state index is 0.139. The zero-order chi connectivity index (χ0) is 9.84. The standard InChI is InChI=1S/C10H17N3/c1-4-9(7(2)11)10-8(3)12-5-6-13-10/h5-7,9H,4,11H2,1-3H3. The van der Waals surface area contributed by atoms with Crippen LogP contribution >= 0.6 is 0 Å². The maximum Gasteiger partial charge on any atom is 0.0661 e. The summed E-state index contributed by atoms with van der Waals surface area (Å²) in [6.07, 6.45) is 4.46. The molecule has 1 aromatic rings. The van der Waals surface area contributed by atoms with Crippen LogP contribution in [0.3, 0.4) is 0 Å². The Hall–Kier alpha value is -0.960. The summed E-state index contributed by atoms with van der Waals surface area (Å²) in [7, 11) is 0. The molecule has 72 valence electrons. The van der Waals surface area contributed by atoms with E-state index in [2.05, 4.69) is 16.9 Å². The van der Waals surface area contributed by atoms with Crippen LogP contribution in [0.4, 0.5) is 0 Å². The van der Waals surface area contributed by atoms with Gasteiger partial charge in [-0.3, -0.25) is 9.97 Å². The van der Waals surface area contributed by atoms with E-state index in [1.165, 1.54) is 0 Å². The fourth-order valence-electron chi connectivity index (χ4n) is 1.60. The first-order valence-electron chi connectivity index (χ1n) is 4.69. The van der Waals surface area contributed by atoms with Crippen LogP contribution in [0, 0.1) is 6.92 Å². The molecule has 1 rings (SSSR count). The normalized spacial score (nSPS) is 15.4. The molecule has 1 aromatic heterocycles. The van der Waals surface area contributed by atoms with Crippen molar-refractivity contribution in [1.82, 2.24) is 9.97 Å². The summed E-state index contributed by atoms with van der Waals surface area (Å²) >= 11 is 0. The Morgan fingerprint density at radius 1 is 1.38 bits per heavy atom. The minimum Gasteiger partial charge on any atom is -0.327 e. The van der Waals surface area contributed by atoms with Crippen molar-refractivity contribution < 1.29 is 0 Å². The minimum atomic E-state index is 0.139. The molecule has 0 saturated carbocycles.